The van der Waals surface area contributed by atoms with Crippen molar-refractivity contribution in [3.05, 3.63) is 66.7 Å². The summed E-state index contributed by atoms with van der Waals surface area (Å²) in [6.07, 6.45) is 0. The van der Waals surface area contributed by atoms with Gasteiger partial charge < -0.3 is 13.9 Å². The maximum absolute atomic E-state index is 12.5. The molecule has 7 heteroatoms. The first-order valence-electron chi connectivity index (χ1n) is 8.16. The normalized spacial score (nSPS) is 11.6. The summed E-state index contributed by atoms with van der Waals surface area (Å²) in [6.45, 7) is 1.38. The molecule has 0 aliphatic heterocycles. The van der Waals surface area contributed by atoms with Crippen molar-refractivity contribution in [3.8, 4) is 5.75 Å². The smallest absolute Gasteiger partial charge is 0.339 e. The lowest BCUT2D eigenvalue weighted by Gasteiger charge is -2.08. The Hall–Kier alpha value is -3.32. The molecule has 0 saturated carbocycles. The molecule has 4 rings (SSSR count). The third-order valence-corrected chi connectivity index (χ3v) is 5.28. The molecule has 1 N–H and O–H groups in total. The van der Waals surface area contributed by atoms with E-state index in [-0.39, 0.29) is 16.6 Å². The van der Waals surface area contributed by atoms with Gasteiger partial charge in [0.05, 0.1) is 0 Å². The molecule has 4 aromatic rings. The van der Waals surface area contributed by atoms with Crippen LogP contribution >= 0.6 is 0 Å². The van der Waals surface area contributed by atoms with E-state index in [2.05, 4.69) is 5.32 Å². The van der Waals surface area contributed by atoms with Crippen molar-refractivity contribution in [1.82, 2.24) is 0 Å². The lowest BCUT2D eigenvalue weighted by molar-refractivity contribution is -0.114. The highest BCUT2D eigenvalue weighted by molar-refractivity contribution is 7.87. The van der Waals surface area contributed by atoms with Crippen molar-refractivity contribution in [3.63, 3.8) is 0 Å². The lowest BCUT2D eigenvalue weighted by Crippen LogP contribution is -2.10. The molecule has 0 bridgehead atoms. The SMILES string of the molecule is CC(=O)Nc1ccc(S(=O)(=O)Oc2ccc3oc4ccccc4c3c2)cc1. The van der Waals surface area contributed by atoms with E-state index in [1.165, 1.54) is 31.2 Å². The van der Waals surface area contributed by atoms with Gasteiger partial charge in [-0.15, -0.1) is 0 Å². The fourth-order valence-electron chi connectivity index (χ4n) is 2.84. The third kappa shape index (κ3) is 3.37. The van der Waals surface area contributed by atoms with Crippen LogP contribution in [-0.4, -0.2) is 14.3 Å². The second-order valence-electron chi connectivity index (χ2n) is 6.00. The highest BCUT2D eigenvalue weighted by atomic mass is 32.2. The largest absolute Gasteiger partial charge is 0.456 e. The van der Waals surface area contributed by atoms with Crippen molar-refractivity contribution < 1.29 is 21.8 Å². The number of hydrogen-bond donors (Lipinski definition) is 1. The van der Waals surface area contributed by atoms with E-state index in [1.807, 2.05) is 24.3 Å². The van der Waals surface area contributed by atoms with Crippen LogP contribution < -0.4 is 9.50 Å². The maximum atomic E-state index is 12.5. The summed E-state index contributed by atoms with van der Waals surface area (Å²) < 4.78 is 36.1. The molecule has 1 aromatic heterocycles. The fourth-order valence-corrected chi connectivity index (χ4v) is 3.76. The van der Waals surface area contributed by atoms with Gasteiger partial charge in [0.1, 0.15) is 21.8 Å². The molecule has 0 spiro atoms. The second-order valence-corrected chi connectivity index (χ2v) is 7.55. The number of para-hydroxylation sites is 1. The summed E-state index contributed by atoms with van der Waals surface area (Å²) in [6, 6.07) is 18.2. The Bertz CT molecular complexity index is 1260. The number of hydrogen-bond acceptors (Lipinski definition) is 5. The number of anilines is 1. The van der Waals surface area contributed by atoms with E-state index in [1.54, 1.807) is 18.2 Å². The van der Waals surface area contributed by atoms with Crippen LogP contribution in [0.15, 0.2) is 76.0 Å². The van der Waals surface area contributed by atoms with Crippen LogP contribution in [0.3, 0.4) is 0 Å². The van der Waals surface area contributed by atoms with E-state index < -0.39 is 10.1 Å². The number of rotatable bonds is 4. The molecule has 0 fully saturated rings. The first-order chi connectivity index (χ1) is 12.9. The molecule has 27 heavy (non-hydrogen) atoms. The molecule has 0 saturated heterocycles. The van der Waals surface area contributed by atoms with E-state index in [4.69, 9.17) is 8.60 Å². The van der Waals surface area contributed by atoms with Crippen LogP contribution in [0.1, 0.15) is 6.92 Å². The maximum Gasteiger partial charge on any atom is 0.339 e. The second kappa shape index (κ2) is 6.44. The van der Waals surface area contributed by atoms with E-state index in [9.17, 15) is 13.2 Å². The van der Waals surface area contributed by atoms with Gasteiger partial charge in [-0.25, -0.2) is 0 Å². The van der Waals surface area contributed by atoms with Crippen molar-refractivity contribution in [1.29, 1.82) is 0 Å². The van der Waals surface area contributed by atoms with E-state index >= 15 is 0 Å². The van der Waals surface area contributed by atoms with Crippen LogP contribution in [-0.2, 0) is 14.9 Å². The average molecular weight is 381 g/mol. The fraction of sp³-hybridized carbons (Fsp3) is 0.0500. The molecule has 136 valence electrons. The van der Waals surface area contributed by atoms with Gasteiger partial charge in [-0.05, 0) is 48.5 Å². The summed E-state index contributed by atoms with van der Waals surface area (Å²) in [5, 5.41) is 4.24. The summed E-state index contributed by atoms with van der Waals surface area (Å²) in [5.74, 6) is -0.0394. The Morgan fingerprint density at radius 3 is 2.37 bits per heavy atom. The molecular weight excluding hydrogens is 366 g/mol. The van der Waals surface area contributed by atoms with Crippen LogP contribution in [0, 0.1) is 0 Å². The Morgan fingerprint density at radius 2 is 1.63 bits per heavy atom. The zero-order valence-corrected chi connectivity index (χ0v) is 15.1. The predicted molar refractivity (Wildman–Crippen MR) is 102 cm³/mol. The topological polar surface area (TPSA) is 85.6 Å². The van der Waals surface area contributed by atoms with Crippen LogP contribution in [0.25, 0.3) is 21.9 Å². The molecule has 3 aromatic carbocycles. The molecule has 0 unspecified atom stereocenters. The number of furan rings is 1. The average Bonchev–Trinajstić information content (AvgIpc) is 2.99. The number of fused-ring (bicyclic) bond motifs is 3. The van der Waals surface area contributed by atoms with Gasteiger partial charge in [-0.2, -0.15) is 8.42 Å². The molecule has 0 radical (unpaired) electrons. The van der Waals surface area contributed by atoms with Crippen LogP contribution in [0.4, 0.5) is 5.69 Å². The highest BCUT2D eigenvalue weighted by Gasteiger charge is 2.18. The quantitative estimate of drug-likeness (QED) is 0.532. The van der Waals surface area contributed by atoms with E-state index in [0.29, 0.717) is 11.3 Å². The first kappa shape index (κ1) is 17.1. The Balaban J connectivity index is 1.65. The van der Waals surface area contributed by atoms with Gasteiger partial charge in [0, 0.05) is 23.4 Å². The minimum absolute atomic E-state index is 0.00579. The standard InChI is InChI=1S/C20H15NO5S/c1-13(22)21-14-6-9-16(10-7-14)27(23,24)26-15-8-11-20-18(12-15)17-4-2-3-5-19(17)25-20/h2-12H,1H3,(H,21,22). The highest BCUT2D eigenvalue weighted by Crippen LogP contribution is 2.32. The third-order valence-electron chi connectivity index (χ3n) is 4.02. The van der Waals surface area contributed by atoms with Gasteiger partial charge in [-0.1, -0.05) is 18.2 Å². The first-order valence-corrected chi connectivity index (χ1v) is 9.57. The van der Waals surface area contributed by atoms with Gasteiger partial charge in [0.25, 0.3) is 0 Å². The Kier molecular flexibility index (Phi) is 4.08. The summed E-state index contributed by atoms with van der Waals surface area (Å²) in [5.41, 5.74) is 1.88. The summed E-state index contributed by atoms with van der Waals surface area (Å²) >= 11 is 0. The van der Waals surface area contributed by atoms with Crippen molar-refractivity contribution in [2.75, 3.05) is 5.32 Å². The number of amides is 1. The number of nitrogens with one attached hydrogen (secondary N) is 1. The molecule has 1 amide bonds. The van der Waals surface area contributed by atoms with Crippen LogP contribution in [0.2, 0.25) is 0 Å². The minimum Gasteiger partial charge on any atom is -0.456 e. The molecule has 0 atom stereocenters. The van der Waals surface area contributed by atoms with Crippen molar-refractivity contribution in [2.24, 2.45) is 0 Å². The molecular formula is C20H15NO5S. The van der Waals surface area contributed by atoms with Crippen molar-refractivity contribution >= 4 is 43.7 Å². The zero-order valence-electron chi connectivity index (χ0n) is 14.3. The molecule has 0 aliphatic carbocycles. The monoisotopic (exact) mass is 381 g/mol. The molecule has 0 aliphatic rings. The number of benzene rings is 3. The molecule has 1 heterocycles. The van der Waals surface area contributed by atoms with Gasteiger partial charge in [0.2, 0.25) is 5.91 Å². The van der Waals surface area contributed by atoms with Gasteiger partial charge >= 0.3 is 10.1 Å². The Labute approximate surface area is 155 Å². The number of carbonyl (C=O) groups excluding carboxylic acids is 1. The summed E-state index contributed by atoms with van der Waals surface area (Å²) in [7, 11) is -4.01. The predicted octanol–water partition coefficient (Wildman–Crippen LogP) is 4.31. The lowest BCUT2D eigenvalue weighted by atomic mass is 10.1. The van der Waals surface area contributed by atoms with Crippen LogP contribution in [0.5, 0.6) is 5.75 Å². The Morgan fingerprint density at radius 1 is 0.926 bits per heavy atom. The van der Waals surface area contributed by atoms with E-state index in [0.717, 1.165) is 16.4 Å². The summed E-state index contributed by atoms with van der Waals surface area (Å²) in [4.78, 5) is 11.0. The van der Waals surface area contributed by atoms with Crippen molar-refractivity contribution in [2.45, 2.75) is 11.8 Å². The zero-order chi connectivity index (χ0) is 19.0. The van der Waals surface area contributed by atoms with Gasteiger partial charge in [-0.3, -0.25) is 4.79 Å². The van der Waals surface area contributed by atoms with Gasteiger partial charge in [0.15, 0.2) is 0 Å². The number of carbonyl (C=O) groups is 1. The minimum atomic E-state index is -4.01. The molecule has 6 nitrogen and oxygen atoms in total.